The number of rotatable bonds is 2. The summed E-state index contributed by atoms with van der Waals surface area (Å²) in [5.74, 6) is 0. The first-order valence-electron chi connectivity index (χ1n) is 5.70. The standard InChI is InChI=1S/C14H12N2O/c1-10-2-3-11-8-12(4-5-13(11)16-10)14(6-7-14)15-9-17/h2-5,8H,6-7H2,1H3. The Balaban J connectivity index is 2.14. The Morgan fingerprint density at radius 1 is 1.29 bits per heavy atom. The van der Waals surface area contributed by atoms with E-state index in [4.69, 9.17) is 0 Å². The van der Waals surface area contributed by atoms with Crippen molar-refractivity contribution in [2.45, 2.75) is 25.3 Å². The van der Waals surface area contributed by atoms with E-state index >= 15 is 0 Å². The lowest BCUT2D eigenvalue weighted by Gasteiger charge is -2.09. The van der Waals surface area contributed by atoms with Crippen LogP contribution >= 0.6 is 0 Å². The maximum atomic E-state index is 10.4. The fourth-order valence-corrected chi connectivity index (χ4v) is 2.19. The SMILES string of the molecule is Cc1ccc2cc(C3(N=C=O)CC3)ccc2n1. The average molecular weight is 224 g/mol. The summed E-state index contributed by atoms with van der Waals surface area (Å²) in [6, 6.07) is 10.1. The predicted octanol–water partition coefficient (Wildman–Crippen LogP) is 2.87. The molecule has 3 rings (SSSR count). The number of aromatic nitrogens is 1. The fourth-order valence-electron chi connectivity index (χ4n) is 2.19. The van der Waals surface area contributed by atoms with Crippen LogP contribution in [0.15, 0.2) is 35.3 Å². The van der Waals surface area contributed by atoms with Gasteiger partial charge in [0.1, 0.15) is 0 Å². The van der Waals surface area contributed by atoms with Gasteiger partial charge in [-0.05, 0) is 43.5 Å². The molecule has 0 amide bonds. The molecule has 1 fully saturated rings. The molecule has 1 aliphatic rings. The zero-order valence-corrected chi connectivity index (χ0v) is 9.60. The summed E-state index contributed by atoms with van der Waals surface area (Å²) in [5, 5.41) is 1.10. The molecule has 0 N–H and O–H groups in total. The molecule has 0 aliphatic heterocycles. The molecule has 17 heavy (non-hydrogen) atoms. The summed E-state index contributed by atoms with van der Waals surface area (Å²) in [6.07, 6.45) is 3.56. The molecule has 1 saturated carbocycles. The summed E-state index contributed by atoms with van der Waals surface area (Å²) in [5.41, 5.74) is 2.80. The number of benzene rings is 1. The minimum atomic E-state index is -0.291. The number of hydrogen-bond donors (Lipinski definition) is 0. The molecule has 84 valence electrons. The molecule has 1 aromatic heterocycles. The second kappa shape index (κ2) is 3.51. The van der Waals surface area contributed by atoms with Crippen LogP contribution in [0.3, 0.4) is 0 Å². The molecule has 0 spiro atoms. The highest BCUT2D eigenvalue weighted by molar-refractivity contribution is 5.80. The number of fused-ring (bicyclic) bond motifs is 1. The molecule has 0 saturated heterocycles. The van der Waals surface area contributed by atoms with E-state index in [2.05, 4.69) is 22.1 Å². The van der Waals surface area contributed by atoms with E-state index in [9.17, 15) is 4.79 Å². The first-order chi connectivity index (χ1) is 8.23. The van der Waals surface area contributed by atoms with E-state index in [0.717, 1.165) is 35.0 Å². The van der Waals surface area contributed by atoms with Crippen LogP contribution in [0.25, 0.3) is 10.9 Å². The van der Waals surface area contributed by atoms with Gasteiger partial charge in [0.25, 0.3) is 0 Å². The summed E-state index contributed by atoms with van der Waals surface area (Å²) in [4.78, 5) is 18.8. The molecule has 1 aliphatic carbocycles. The van der Waals surface area contributed by atoms with Gasteiger partial charge in [0.2, 0.25) is 6.08 Å². The van der Waals surface area contributed by atoms with E-state index < -0.39 is 0 Å². The van der Waals surface area contributed by atoms with Crippen LogP contribution in [0, 0.1) is 6.92 Å². The van der Waals surface area contributed by atoms with E-state index in [-0.39, 0.29) is 5.54 Å². The molecule has 3 nitrogen and oxygen atoms in total. The van der Waals surface area contributed by atoms with Gasteiger partial charge < -0.3 is 0 Å². The van der Waals surface area contributed by atoms with Gasteiger partial charge in [-0.1, -0.05) is 12.1 Å². The Morgan fingerprint density at radius 2 is 2.12 bits per heavy atom. The summed E-state index contributed by atoms with van der Waals surface area (Å²) < 4.78 is 0. The molecule has 0 unspecified atom stereocenters. The zero-order valence-electron chi connectivity index (χ0n) is 9.60. The topological polar surface area (TPSA) is 42.3 Å². The smallest absolute Gasteiger partial charge is 0.235 e. The van der Waals surface area contributed by atoms with Gasteiger partial charge in [0.15, 0.2) is 0 Å². The molecule has 0 atom stereocenters. The fraction of sp³-hybridized carbons (Fsp3) is 0.286. The van der Waals surface area contributed by atoms with Gasteiger partial charge in [-0.2, -0.15) is 4.99 Å². The third-order valence-electron chi connectivity index (χ3n) is 3.35. The van der Waals surface area contributed by atoms with Crippen molar-refractivity contribution in [2.24, 2.45) is 4.99 Å². The summed E-state index contributed by atoms with van der Waals surface area (Å²) >= 11 is 0. The molecule has 0 radical (unpaired) electrons. The summed E-state index contributed by atoms with van der Waals surface area (Å²) in [6.45, 7) is 1.98. The van der Waals surface area contributed by atoms with Crippen molar-refractivity contribution >= 4 is 17.0 Å². The van der Waals surface area contributed by atoms with Crippen LogP contribution in [-0.2, 0) is 10.3 Å². The molecule has 0 bridgehead atoms. The normalized spacial score (nSPS) is 16.5. The number of isocyanates is 1. The van der Waals surface area contributed by atoms with Crippen LogP contribution in [0.2, 0.25) is 0 Å². The molecular weight excluding hydrogens is 212 g/mol. The Labute approximate surface area is 99.2 Å². The number of aliphatic imine (C=N–C) groups is 1. The largest absolute Gasteiger partial charge is 0.253 e. The summed E-state index contributed by atoms with van der Waals surface area (Å²) in [7, 11) is 0. The van der Waals surface area contributed by atoms with Crippen molar-refractivity contribution in [3.8, 4) is 0 Å². The highest BCUT2D eigenvalue weighted by Gasteiger charge is 2.44. The van der Waals surface area contributed by atoms with Crippen molar-refractivity contribution in [1.82, 2.24) is 4.98 Å². The number of aryl methyl sites for hydroxylation is 1. The van der Waals surface area contributed by atoms with Gasteiger partial charge in [0.05, 0.1) is 11.1 Å². The van der Waals surface area contributed by atoms with Crippen molar-refractivity contribution in [3.63, 3.8) is 0 Å². The van der Waals surface area contributed by atoms with Crippen molar-refractivity contribution in [3.05, 3.63) is 41.6 Å². The van der Waals surface area contributed by atoms with Crippen LogP contribution in [0.1, 0.15) is 24.1 Å². The average Bonchev–Trinajstić information content (AvgIpc) is 3.10. The Morgan fingerprint density at radius 3 is 2.82 bits per heavy atom. The monoisotopic (exact) mass is 224 g/mol. The van der Waals surface area contributed by atoms with Crippen LogP contribution in [-0.4, -0.2) is 11.1 Å². The molecule has 2 aromatic rings. The number of carbonyl (C=O) groups excluding carboxylic acids is 1. The third-order valence-corrected chi connectivity index (χ3v) is 3.35. The van der Waals surface area contributed by atoms with E-state index in [1.807, 2.05) is 25.1 Å². The number of hydrogen-bond acceptors (Lipinski definition) is 3. The Hall–Kier alpha value is -1.99. The third kappa shape index (κ3) is 1.65. The maximum absolute atomic E-state index is 10.4. The van der Waals surface area contributed by atoms with Crippen molar-refractivity contribution in [2.75, 3.05) is 0 Å². The molecular formula is C14H12N2O. The molecule has 3 heteroatoms. The predicted molar refractivity (Wildman–Crippen MR) is 65.5 cm³/mol. The minimum Gasteiger partial charge on any atom is -0.253 e. The van der Waals surface area contributed by atoms with Gasteiger partial charge in [0, 0.05) is 11.1 Å². The Bertz CT molecular complexity index is 638. The number of pyridine rings is 1. The highest BCUT2D eigenvalue weighted by atomic mass is 16.1. The first kappa shape index (κ1) is 10.2. The van der Waals surface area contributed by atoms with Crippen LogP contribution < -0.4 is 0 Å². The second-order valence-corrected chi connectivity index (χ2v) is 4.59. The van der Waals surface area contributed by atoms with Gasteiger partial charge in [-0.25, -0.2) is 4.79 Å². The van der Waals surface area contributed by atoms with E-state index in [0.29, 0.717) is 0 Å². The molecule has 1 heterocycles. The van der Waals surface area contributed by atoms with Crippen LogP contribution in [0.4, 0.5) is 0 Å². The lowest BCUT2D eigenvalue weighted by atomic mass is 10.0. The molecule has 1 aromatic carbocycles. The Kier molecular flexibility index (Phi) is 2.10. The quantitative estimate of drug-likeness (QED) is 0.581. The zero-order chi connectivity index (χ0) is 11.9. The van der Waals surface area contributed by atoms with Gasteiger partial charge >= 0.3 is 0 Å². The van der Waals surface area contributed by atoms with Gasteiger partial charge in [-0.3, -0.25) is 4.98 Å². The van der Waals surface area contributed by atoms with Gasteiger partial charge in [-0.15, -0.1) is 0 Å². The van der Waals surface area contributed by atoms with E-state index in [1.165, 1.54) is 0 Å². The van der Waals surface area contributed by atoms with Crippen LogP contribution in [0.5, 0.6) is 0 Å². The minimum absolute atomic E-state index is 0.291. The number of nitrogens with zero attached hydrogens (tertiary/aromatic N) is 2. The maximum Gasteiger partial charge on any atom is 0.235 e. The van der Waals surface area contributed by atoms with Crippen molar-refractivity contribution in [1.29, 1.82) is 0 Å². The second-order valence-electron chi connectivity index (χ2n) is 4.59. The highest BCUT2D eigenvalue weighted by Crippen LogP contribution is 2.49. The van der Waals surface area contributed by atoms with Crippen molar-refractivity contribution < 1.29 is 4.79 Å². The lowest BCUT2D eigenvalue weighted by molar-refractivity contribution is 0.556. The first-order valence-corrected chi connectivity index (χ1v) is 5.70. The lowest BCUT2D eigenvalue weighted by Crippen LogP contribution is -2.01. The van der Waals surface area contributed by atoms with E-state index in [1.54, 1.807) is 6.08 Å².